The molecule has 0 aromatic heterocycles. The van der Waals surface area contributed by atoms with Crippen LogP contribution in [0.3, 0.4) is 0 Å². The molecule has 0 aliphatic heterocycles. The van der Waals surface area contributed by atoms with E-state index in [9.17, 15) is 13.0 Å². The zero-order valence-electron chi connectivity index (χ0n) is 4.43. The van der Waals surface area contributed by atoms with Gasteiger partial charge >= 0.3 is 29.6 Å². The smallest absolute Gasteiger partial charge is 0.748 e. The van der Waals surface area contributed by atoms with Crippen LogP contribution < -0.4 is 29.6 Å². The first-order valence-corrected chi connectivity index (χ1v) is 3.67. The van der Waals surface area contributed by atoms with Gasteiger partial charge in [-0.3, -0.25) is 0 Å². The van der Waals surface area contributed by atoms with Gasteiger partial charge in [-0.2, -0.15) is 0 Å². The largest absolute Gasteiger partial charge is 1.00 e. The predicted molar refractivity (Wildman–Crippen MR) is 25.3 cm³/mol. The third-order valence-corrected chi connectivity index (χ3v) is 1.44. The second-order valence-corrected chi connectivity index (χ2v) is 2.85. The molecule has 0 aliphatic rings. The third kappa shape index (κ3) is 10.2. The minimum absolute atomic E-state index is 0. The summed E-state index contributed by atoms with van der Waals surface area (Å²) in [5.41, 5.74) is 0. The molecule has 0 atom stereocenters. The van der Waals surface area contributed by atoms with Gasteiger partial charge in [-0.25, -0.2) is 8.42 Å². The Morgan fingerprint density at radius 1 is 1.50 bits per heavy atom. The molecule has 0 saturated heterocycles. The van der Waals surface area contributed by atoms with Gasteiger partial charge in [0.25, 0.3) is 0 Å². The first-order valence-electron chi connectivity index (χ1n) is 1.56. The molecule has 0 aromatic carbocycles. The quantitative estimate of drug-likeness (QED) is 0.246. The Hall–Kier alpha value is 1.20. The molecule has 8 heavy (non-hydrogen) atoms. The molecular formula is C2H4ClNaO3S. The van der Waals surface area contributed by atoms with E-state index in [1.807, 2.05) is 0 Å². The Morgan fingerprint density at radius 2 is 1.88 bits per heavy atom. The molecule has 6 heteroatoms. The third-order valence-electron chi connectivity index (χ3n) is 0.327. The van der Waals surface area contributed by atoms with Crippen molar-refractivity contribution in [2.45, 2.75) is 0 Å². The SMILES string of the molecule is O=S(=O)([O-])CCCl.[Na+]. The molecule has 44 valence electrons. The summed E-state index contributed by atoms with van der Waals surface area (Å²) < 4.78 is 28.8. The minimum Gasteiger partial charge on any atom is -0.748 e. The van der Waals surface area contributed by atoms with Crippen molar-refractivity contribution >= 4 is 21.7 Å². The van der Waals surface area contributed by atoms with E-state index in [0.717, 1.165) is 0 Å². The fourth-order valence-corrected chi connectivity index (χ4v) is 0.850. The summed E-state index contributed by atoms with van der Waals surface area (Å²) in [5.74, 6) is -0.597. The van der Waals surface area contributed by atoms with Gasteiger partial charge < -0.3 is 4.55 Å². The first-order chi connectivity index (χ1) is 3.06. The Morgan fingerprint density at radius 3 is 1.88 bits per heavy atom. The van der Waals surface area contributed by atoms with Crippen molar-refractivity contribution in [1.29, 1.82) is 0 Å². The van der Waals surface area contributed by atoms with Crippen LogP contribution in [0.4, 0.5) is 0 Å². The second-order valence-electron chi connectivity index (χ2n) is 0.951. The van der Waals surface area contributed by atoms with Crippen molar-refractivity contribution in [1.82, 2.24) is 0 Å². The number of alkyl halides is 1. The molecule has 0 radical (unpaired) electrons. The molecule has 0 fully saturated rings. The van der Waals surface area contributed by atoms with Crippen LogP contribution in [0.5, 0.6) is 0 Å². The monoisotopic (exact) mass is 166 g/mol. The fourth-order valence-electron chi connectivity index (χ4n) is 0.0945. The first kappa shape index (κ1) is 11.9. The summed E-state index contributed by atoms with van der Waals surface area (Å²) in [6.45, 7) is 0. The maximum atomic E-state index is 9.59. The Kier molecular flexibility index (Phi) is 7.49. The Bertz CT molecular complexity index is 130. The molecule has 0 rings (SSSR count). The Labute approximate surface area is 75.4 Å². The number of hydrogen-bond donors (Lipinski definition) is 0. The predicted octanol–water partition coefficient (Wildman–Crippen LogP) is -3.23. The molecule has 0 amide bonds. The minimum atomic E-state index is -4.06. The van der Waals surface area contributed by atoms with Gasteiger partial charge in [-0.15, -0.1) is 11.6 Å². The number of rotatable bonds is 2. The van der Waals surface area contributed by atoms with Gasteiger partial charge in [0.1, 0.15) is 0 Å². The van der Waals surface area contributed by atoms with E-state index >= 15 is 0 Å². The summed E-state index contributed by atoms with van der Waals surface area (Å²) >= 11 is 4.91. The topological polar surface area (TPSA) is 57.2 Å². The molecule has 0 saturated carbocycles. The van der Waals surface area contributed by atoms with Crippen molar-refractivity contribution < 1.29 is 42.5 Å². The molecule has 0 bridgehead atoms. The van der Waals surface area contributed by atoms with Crippen molar-refractivity contribution in [2.24, 2.45) is 0 Å². The van der Waals surface area contributed by atoms with Crippen molar-refractivity contribution in [3.63, 3.8) is 0 Å². The molecule has 0 aromatic rings. The van der Waals surface area contributed by atoms with E-state index in [1.165, 1.54) is 0 Å². The summed E-state index contributed by atoms with van der Waals surface area (Å²) in [7, 11) is -4.06. The second kappa shape index (κ2) is 5.02. The van der Waals surface area contributed by atoms with E-state index < -0.39 is 15.9 Å². The maximum absolute atomic E-state index is 9.59. The van der Waals surface area contributed by atoms with E-state index in [2.05, 4.69) is 0 Å². The zero-order chi connectivity index (χ0) is 5.91. The maximum Gasteiger partial charge on any atom is 1.00 e. The summed E-state index contributed by atoms with van der Waals surface area (Å²) in [6, 6.07) is 0. The van der Waals surface area contributed by atoms with Gasteiger partial charge in [-0.05, 0) is 0 Å². The van der Waals surface area contributed by atoms with Crippen LogP contribution >= 0.6 is 11.6 Å². The van der Waals surface area contributed by atoms with Gasteiger partial charge in [0, 0.05) is 5.88 Å². The van der Waals surface area contributed by atoms with Crippen LogP contribution in [-0.2, 0) is 10.1 Å². The van der Waals surface area contributed by atoms with Gasteiger partial charge in [0.05, 0.1) is 15.9 Å². The van der Waals surface area contributed by atoms with Crippen molar-refractivity contribution in [3.05, 3.63) is 0 Å². The zero-order valence-corrected chi connectivity index (χ0v) is 8.00. The number of hydrogen-bond acceptors (Lipinski definition) is 3. The average Bonchev–Trinajstić information content (AvgIpc) is 1.30. The molecular weight excluding hydrogens is 163 g/mol. The molecule has 0 spiro atoms. The van der Waals surface area contributed by atoms with E-state index in [-0.39, 0.29) is 35.4 Å². The van der Waals surface area contributed by atoms with Crippen LogP contribution in [0.2, 0.25) is 0 Å². The van der Waals surface area contributed by atoms with Gasteiger partial charge in [0.2, 0.25) is 0 Å². The Balaban J connectivity index is 0. The van der Waals surface area contributed by atoms with E-state index in [0.29, 0.717) is 0 Å². The van der Waals surface area contributed by atoms with Crippen LogP contribution in [-0.4, -0.2) is 24.6 Å². The van der Waals surface area contributed by atoms with Gasteiger partial charge in [0.15, 0.2) is 0 Å². The molecule has 0 N–H and O–H groups in total. The number of halogens is 1. The van der Waals surface area contributed by atoms with Crippen LogP contribution in [0, 0.1) is 0 Å². The molecule has 3 nitrogen and oxygen atoms in total. The standard InChI is InChI=1S/C2H5ClO3S.Na/c3-1-2-7(4,5)6;/h1-2H2,(H,4,5,6);/q;+1/p-1. The van der Waals surface area contributed by atoms with Crippen LogP contribution in [0.15, 0.2) is 0 Å². The van der Waals surface area contributed by atoms with Crippen LogP contribution in [0.1, 0.15) is 0 Å². The molecule has 0 heterocycles. The van der Waals surface area contributed by atoms with E-state index in [1.54, 1.807) is 0 Å². The molecule has 0 unspecified atom stereocenters. The molecule has 0 aliphatic carbocycles. The average molecular weight is 167 g/mol. The van der Waals surface area contributed by atoms with E-state index in [4.69, 9.17) is 11.6 Å². The fraction of sp³-hybridized carbons (Fsp3) is 1.00. The van der Waals surface area contributed by atoms with Gasteiger partial charge in [-0.1, -0.05) is 0 Å². The summed E-state index contributed by atoms with van der Waals surface area (Å²) in [6.07, 6.45) is 0. The van der Waals surface area contributed by atoms with Crippen molar-refractivity contribution in [2.75, 3.05) is 11.6 Å². The van der Waals surface area contributed by atoms with Crippen LogP contribution in [0.25, 0.3) is 0 Å². The van der Waals surface area contributed by atoms with Crippen molar-refractivity contribution in [3.8, 4) is 0 Å². The summed E-state index contributed by atoms with van der Waals surface area (Å²) in [4.78, 5) is 0. The summed E-state index contributed by atoms with van der Waals surface area (Å²) in [5, 5.41) is 0. The normalized spacial score (nSPS) is 10.2.